The number of nitrogens with zero attached hydrogens (tertiary/aromatic N) is 4. The highest BCUT2D eigenvalue weighted by molar-refractivity contribution is 6.24. The maximum absolute atomic E-state index is 13.2. The van der Waals surface area contributed by atoms with Gasteiger partial charge in [-0.2, -0.15) is 4.68 Å². The molecule has 7 heteroatoms. The lowest BCUT2D eigenvalue weighted by molar-refractivity contribution is -0.111. The quantitative estimate of drug-likeness (QED) is 0.521. The molecule has 2 heterocycles. The summed E-state index contributed by atoms with van der Waals surface area (Å²) in [5.74, 6) is 0.627. The van der Waals surface area contributed by atoms with Gasteiger partial charge in [-0.25, -0.2) is 0 Å². The van der Waals surface area contributed by atoms with Crippen molar-refractivity contribution in [3.8, 4) is 11.4 Å². The standard InChI is InChI=1S/C22H19N5O2/c1-15-10-11-19(16(2)13-15)23-22(28)20(14-18-9-6-12-29-18)27-21(24-25-26-27)17-7-4-3-5-8-17/h3-14H,1-2H3,(H,23,28)/b20-14-. The summed E-state index contributed by atoms with van der Waals surface area (Å²) in [5, 5.41) is 14.9. The Morgan fingerprint density at radius 3 is 2.62 bits per heavy atom. The van der Waals surface area contributed by atoms with Crippen LogP contribution in [0.15, 0.2) is 71.3 Å². The minimum atomic E-state index is -0.349. The van der Waals surface area contributed by atoms with Crippen molar-refractivity contribution in [1.29, 1.82) is 0 Å². The van der Waals surface area contributed by atoms with Gasteiger partial charge in [-0.1, -0.05) is 48.0 Å². The van der Waals surface area contributed by atoms with E-state index in [-0.39, 0.29) is 11.6 Å². The van der Waals surface area contributed by atoms with E-state index in [0.29, 0.717) is 11.6 Å². The molecular formula is C22H19N5O2. The van der Waals surface area contributed by atoms with Crippen LogP contribution in [-0.2, 0) is 4.79 Å². The Hall–Kier alpha value is -4.00. The highest BCUT2D eigenvalue weighted by atomic mass is 16.3. The molecule has 0 aliphatic rings. The van der Waals surface area contributed by atoms with E-state index in [9.17, 15) is 4.79 Å². The van der Waals surface area contributed by atoms with Crippen molar-refractivity contribution in [3.63, 3.8) is 0 Å². The molecule has 0 atom stereocenters. The van der Waals surface area contributed by atoms with Gasteiger partial charge in [-0.05, 0) is 48.0 Å². The van der Waals surface area contributed by atoms with Gasteiger partial charge in [0.25, 0.3) is 5.91 Å². The van der Waals surface area contributed by atoms with Crippen molar-refractivity contribution in [1.82, 2.24) is 20.2 Å². The van der Waals surface area contributed by atoms with E-state index >= 15 is 0 Å². The highest BCUT2D eigenvalue weighted by Gasteiger charge is 2.20. The van der Waals surface area contributed by atoms with Crippen LogP contribution >= 0.6 is 0 Å². The third-order valence-electron chi connectivity index (χ3n) is 4.41. The number of hydrogen-bond donors (Lipinski definition) is 1. The molecule has 4 rings (SSSR count). The molecule has 7 nitrogen and oxygen atoms in total. The Kier molecular flexibility index (Phi) is 5.03. The fourth-order valence-electron chi connectivity index (χ4n) is 2.99. The van der Waals surface area contributed by atoms with E-state index < -0.39 is 0 Å². The SMILES string of the molecule is Cc1ccc(NC(=O)/C(=C/c2ccco2)n2nnnc2-c2ccccc2)c(C)c1. The zero-order valence-electron chi connectivity index (χ0n) is 16.0. The van der Waals surface area contributed by atoms with Gasteiger partial charge in [-0.3, -0.25) is 4.79 Å². The van der Waals surface area contributed by atoms with E-state index in [2.05, 4.69) is 20.8 Å². The van der Waals surface area contributed by atoms with Crippen molar-refractivity contribution in [3.05, 3.63) is 83.8 Å². The lowest BCUT2D eigenvalue weighted by Crippen LogP contribution is -2.20. The Balaban J connectivity index is 1.76. The number of hydrogen-bond acceptors (Lipinski definition) is 5. The summed E-state index contributed by atoms with van der Waals surface area (Å²) in [5.41, 5.74) is 3.85. The van der Waals surface area contributed by atoms with Crippen molar-refractivity contribution in [2.24, 2.45) is 0 Å². The van der Waals surface area contributed by atoms with Gasteiger partial charge in [0.15, 0.2) is 5.82 Å². The van der Waals surface area contributed by atoms with E-state index in [1.54, 1.807) is 24.5 Å². The summed E-state index contributed by atoms with van der Waals surface area (Å²) in [6, 6.07) is 18.8. The lowest BCUT2D eigenvalue weighted by atomic mass is 10.1. The van der Waals surface area contributed by atoms with Crippen molar-refractivity contribution < 1.29 is 9.21 Å². The van der Waals surface area contributed by atoms with Gasteiger partial charge in [0, 0.05) is 17.3 Å². The molecule has 0 radical (unpaired) electrons. The Morgan fingerprint density at radius 1 is 1.07 bits per heavy atom. The summed E-state index contributed by atoms with van der Waals surface area (Å²) in [6.07, 6.45) is 3.16. The molecule has 2 aromatic heterocycles. The molecule has 1 amide bonds. The van der Waals surface area contributed by atoms with E-state index in [1.807, 2.05) is 62.4 Å². The van der Waals surface area contributed by atoms with E-state index in [1.165, 1.54) is 4.68 Å². The first kappa shape index (κ1) is 18.4. The largest absolute Gasteiger partial charge is 0.465 e. The molecule has 0 bridgehead atoms. The number of aromatic nitrogens is 4. The van der Waals surface area contributed by atoms with Gasteiger partial charge in [0.05, 0.1) is 6.26 Å². The molecule has 0 saturated carbocycles. The number of carbonyl (C=O) groups excluding carboxylic acids is 1. The maximum atomic E-state index is 13.2. The van der Waals surface area contributed by atoms with Crippen molar-refractivity contribution >= 4 is 23.4 Å². The number of tetrazole rings is 1. The Morgan fingerprint density at radius 2 is 1.90 bits per heavy atom. The van der Waals surface area contributed by atoms with Gasteiger partial charge >= 0.3 is 0 Å². The number of furan rings is 1. The molecule has 0 spiro atoms. The van der Waals surface area contributed by atoms with Crippen LogP contribution in [0.4, 0.5) is 5.69 Å². The van der Waals surface area contributed by atoms with Crippen LogP contribution in [0.1, 0.15) is 16.9 Å². The monoisotopic (exact) mass is 385 g/mol. The van der Waals surface area contributed by atoms with Crippen LogP contribution in [0.25, 0.3) is 23.2 Å². The second-order valence-corrected chi connectivity index (χ2v) is 6.60. The Bertz CT molecular complexity index is 1160. The average Bonchev–Trinajstić information content (AvgIpc) is 3.40. The highest BCUT2D eigenvalue weighted by Crippen LogP contribution is 2.23. The summed E-state index contributed by atoms with van der Waals surface area (Å²) in [7, 11) is 0. The first-order valence-electron chi connectivity index (χ1n) is 9.10. The molecular weight excluding hydrogens is 366 g/mol. The number of benzene rings is 2. The average molecular weight is 385 g/mol. The minimum absolute atomic E-state index is 0.240. The third kappa shape index (κ3) is 3.98. The summed E-state index contributed by atoms with van der Waals surface area (Å²) < 4.78 is 6.82. The summed E-state index contributed by atoms with van der Waals surface area (Å²) >= 11 is 0. The van der Waals surface area contributed by atoms with Crippen molar-refractivity contribution in [2.45, 2.75) is 13.8 Å². The van der Waals surface area contributed by atoms with E-state index in [4.69, 9.17) is 4.42 Å². The van der Waals surface area contributed by atoms with Crippen LogP contribution in [0.5, 0.6) is 0 Å². The van der Waals surface area contributed by atoms with Gasteiger partial charge < -0.3 is 9.73 Å². The number of aryl methyl sites for hydroxylation is 2. The Labute approximate surface area is 167 Å². The lowest BCUT2D eigenvalue weighted by Gasteiger charge is -2.12. The van der Waals surface area contributed by atoms with Crippen LogP contribution in [-0.4, -0.2) is 26.1 Å². The van der Waals surface area contributed by atoms with Crippen molar-refractivity contribution in [2.75, 3.05) is 5.32 Å². The predicted molar refractivity (Wildman–Crippen MR) is 111 cm³/mol. The molecule has 0 fully saturated rings. The second-order valence-electron chi connectivity index (χ2n) is 6.60. The first-order chi connectivity index (χ1) is 14.1. The van der Waals surface area contributed by atoms with Crippen LogP contribution in [0, 0.1) is 13.8 Å². The maximum Gasteiger partial charge on any atom is 0.274 e. The fraction of sp³-hybridized carbons (Fsp3) is 0.0909. The number of carbonyl (C=O) groups is 1. The van der Waals surface area contributed by atoms with Gasteiger partial charge in [0.2, 0.25) is 0 Å². The van der Waals surface area contributed by atoms with Crippen LogP contribution < -0.4 is 5.32 Å². The molecule has 1 N–H and O–H groups in total. The molecule has 29 heavy (non-hydrogen) atoms. The molecule has 4 aromatic rings. The number of anilines is 1. The van der Waals surface area contributed by atoms with Crippen LogP contribution in [0.2, 0.25) is 0 Å². The van der Waals surface area contributed by atoms with E-state index in [0.717, 1.165) is 22.4 Å². The zero-order valence-corrected chi connectivity index (χ0v) is 16.0. The number of nitrogens with one attached hydrogen (secondary N) is 1. The first-order valence-corrected chi connectivity index (χ1v) is 9.10. The molecule has 0 aliphatic carbocycles. The molecule has 2 aromatic carbocycles. The molecule has 0 saturated heterocycles. The zero-order chi connectivity index (χ0) is 20.2. The molecule has 0 unspecified atom stereocenters. The minimum Gasteiger partial charge on any atom is -0.465 e. The number of amides is 1. The van der Waals surface area contributed by atoms with Gasteiger partial charge in [0.1, 0.15) is 11.5 Å². The topological polar surface area (TPSA) is 85.8 Å². The molecule has 144 valence electrons. The third-order valence-corrected chi connectivity index (χ3v) is 4.41. The predicted octanol–water partition coefficient (Wildman–Crippen LogP) is 4.19. The smallest absolute Gasteiger partial charge is 0.274 e. The summed E-state index contributed by atoms with van der Waals surface area (Å²) in [4.78, 5) is 13.2. The second kappa shape index (κ2) is 7.93. The van der Waals surface area contributed by atoms with Gasteiger partial charge in [-0.15, -0.1) is 5.10 Å². The van der Waals surface area contributed by atoms with Crippen LogP contribution in [0.3, 0.4) is 0 Å². The number of rotatable bonds is 5. The fourth-order valence-corrected chi connectivity index (χ4v) is 2.99. The summed E-state index contributed by atoms with van der Waals surface area (Å²) in [6.45, 7) is 3.96. The normalized spacial score (nSPS) is 11.4. The molecule has 0 aliphatic heterocycles.